The second-order valence-corrected chi connectivity index (χ2v) is 40.3. The van der Waals surface area contributed by atoms with E-state index in [1.807, 2.05) is 6.92 Å². The molecule has 2 radical (unpaired) electrons. The molecule has 0 heterocycles. The summed E-state index contributed by atoms with van der Waals surface area (Å²) in [5.74, 6) is 0.197. The summed E-state index contributed by atoms with van der Waals surface area (Å²) in [5.41, 5.74) is 0. The molecule has 0 aromatic rings. The molecule has 0 aromatic carbocycles. The SMILES string of the molecule is CC/C=C\C/C=C\C/C=C\CCCCCCCC(=O)O.CCC(I)C(I)CC(I)C(C)CC(I)C(I)CCCCCCCC(=O)O.CCO.CCOC(=O)CCCCCCCC(I)C(I)CC(C)C(I)CC(I)C(I)CC.[Cl][Sn][Cl].[I-].[Na+]. The summed E-state index contributed by atoms with van der Waals surface area (Å²) in [5, 5.41) is 24.7. The molecule has 0 aliphatic rings. The van der Waals surface area contributed by atoms with Gasteiger partial charge in [0, 0.05) is 65.1 Å². The molecule has 12 unspecified atom stereocenters. The third kappa shape index (κ3) is 78.7. The van der Waals surface area contributed by atoms with Gasteiger partial charge < -0.3 is 44.0 Å². The summed E-state index contributed by atoms with van der Waals surface area (Å²) >= 11 is 25.8. The number of unbranched alkanes of at least 4 members (excludes halogenated alkanes) is 13. The van der Waals surface area contributed by atoms with Gasteiger partial charge in [-0.25, -0.2) is 0 Å². The van der Waals surface area contributed by atoms with Crippen LogP contribution in [0.3, 0.4) is 0 Å². The van der Waals surface area contributed by atoms with Crippen molar-refractivity contribution in [3.63, 3.8) is 0 Å². The minimum atomic E-state index is -0.826. The molecule has 0 bridgehead atoms. The predicted octanol–water partition coefficient (Wildman–Crippen LogP) is 18.4. The molecular weight excluding hydrogens is 2440 g/mol. The molecule has 0 spiro atoms. The van der Waals surface area contributed by atoms with Crippen LogP contribution in [0.1, 0.15) is 241 Å². The van der Waals surface area contributed by atoms with Gasteiger partial charge in [-0.3, -0.25) is 14.4 Å². The number of allylic oxidation sites excluding steroid dienone is 6. The normalized spacial score (nSPS) is 15.5. The molecule has 82 heavy (non-hydrogen) atoms. The number of hydrogen-bond donors (Lipinski definition) is 3. The third-order valence-corrected chi connectivity index (χ3v) is 33.7. The monoisotopic (exact) mass is 2550 g/mol. The molecule has 7 nitrogen and oxygen atoms in total. The molecule has 0 aromatic heterocycles. The van der Waals surface area contributed by atoms with Crippen LogP contribution in [0.25, 0.3) is 0 Å². The van der Waals surface area contributed by atoms with E-state index in [1.165, 1.54) is 103 Å². The Morgan fingerprint density at radius 2 is 0.756 bits per heavy atom. The van der Waals surface area contributed by atoms with Crippen molar-refractivity contribution >= 4 is 281 Å². The topological polar surface area (TPSA) is 121 Å². The molecule has 12 atom stereocenters. The summed E-state index contributed by atoms with van der Waals surface area (Å²) in [6.45, 7) is 15.9. The number of hydrogen-bond acceptors (Lipinski definition) is 5. The minimum absolute atomic E-state index is 0. The zero-order valence-corrected chi connectivity index (χ0v) is 81.0. The van der Waals surface area contributed by atoms with Crippen LogP contribution in [0.2, 0.25) is 0 Å². The van der Waals surface area contributed by atoms with Crippen LogP contribution in [0.15, 0.2) is 36.5 Å². The fourth-order valence-electron chi connectivity index (χ4n) is 7.78. The van der Waals surface area contributed by atoms with Crippen molar-refractivity contribution in [3.05, 3.63) is 36.5 Å². The Bertz CT molecular complexity index is 1460. The number of aliphatic carboxylic acids is 2. The Hall–Kier alpha value is 8.00. The number of carbonyl (C=O) groups excluding carboxylic acids is 1. The maximum Gasteiger partial charge on any atom is 1.00 e. The predicted molar refractivity (Wildman–Crippen MR) is 441 cm³/mol. The zero-order valence-electron chi connectivity index (χ0n) is 50.9. The Balaban J connectivity index is -0.000000196. The Morgan fingerprint density at radius 3 is 1.10 bits per heavy atom. The zero-order chi connectivity index (χ0) is 61.9. The summed E-state index contributed by atoms with van der Waals surface area (Å²) < 4.78 is 12.7. The fourth-order valence-corrected chi connectivity index (χ4v) is 17.9. The van der Waals surface area contributed by atoms with Gasteiger partial charge in [-0.05, 0) is 128 Å². The first-order valence-electron chi connectivity index (χ1n) is 29.5. The van der Waals surface area contributed by atoms with Gasteiger partial charge in [0.25, 0.3) is 0 Å². The van der Waals surface area contributed by atoms with Gasteiger partial charge in [-0.2, -0.15) is 0 Å². The van der Waals surface area contributed by atoms with Crippen LogP contribution in [0, 0.1) is 11.8 Å². The van der Waals surface area contributed by atoms with E-state index in [9.17, 15) is 14.4 Å². The molecule has 0 rings (SSSR count). The molecule has 0 fully saturated rings. The van der Waals surface area contributed by atoms with Gasteiger partial charge in [-0.15, -0.1) is 0 Å². The molecule has 0 saturated heterocycles. The molecule has 0 amide bonds. The maximum absolute atomic E-state index is 11.3. The van der Waals surface area contributed by atoms with E-state index >= 15 is 0 Å². The van der Waals surface area contributed by atoms with Gasteiger partial charge >= 0.3 is 84.2 Å². The van der Waals surface area contributed by atoms with Gasteiger partial charge in [0.1, 0.15) is 0 Å². The van der Waals surface area contributed by atoms with Crippen LogP contribution in [0.5, 0.6) is 0 Å². The van der Waals surface area contributed by atoms with E-state index in [2.05, 4.69) is 297 Å². The molecule has 0 aliphatic heterocycles. The van der Waals surface area contributed by atoms with Crippen LogP contribution in [-0.4, -0.2) is 105 Å². The van der Waals surface area contributed by atoms with Crippen molar-refractivity contribution < 1.29 is 88.0 Å². The number of esters is 1. The second-order valence-electron chi connectivity index (χ2n) is 20.1. The van der Waals surface area contributed by atoms with Crippen LogP contribution >= 0.6 is 244 Å². The number of aliphatic hydroxyl groups is 1. The van der Waals surface area contributed by atoms with Crippen molar-refractivity contribution in [3.8, 4) is 0 Å². The van der Waals surface area contributed by atoms with Gasteiger partial charge in [0.05, 0.1) is 6.61 Å². The Labute approximate surface area is 697 Å². The molecule has 0 aliphatic carbocycles. The largest absolute Gasteiger partial charge is 1.00 e. The van der Waals surface area contributed by atoms with Crippen molar-refractivity contribution in [1.29, 1.82) is 0 Å². The van der Waals surface area contributed by atoms with Crippen molar-refractivity contribution in [1.82, 2.24) is 0 Å². The molecule has 484 valence electrons. The first-order valence-corrected chi connectivity index (χ1v) is 49.2. The van der Waals surface area contributed by atoms with E-state index in [0.29, 0.717) is 25.9 Å². The average Bonchev–Trinajstić information content (AvgIpc) is 3.41. The number of ether oxygens (including phenoxy) is 1. The summed E-state index contributed by atoms with van der Waals surface area (Å²) in [6, 6.07) is 0. The molecule has 3 N–H and O–H groups in total. The average molecular weight is 2550 g/mol. The van der Waals surface area contributed by atoms with Gasteiger partial charge in [0.2, 0.25) is 0 Å². The van der Waals surface area contributed by atoms with Gasteiger partial charge in [0.15, 0.2) is 0 Å². The summed E-state index contributed by atoms with van der Waals surface area (Å²) in [4.78, 5) is 32.1. The van der Waals surface area contributed by atoms with Crippen molar-refractivity contribution in [2.24, 2.45) is 11.8 Å². The Morgan fingerprint density at radius 1 is 0.451 bits per heavy atom. The number of alkyl halides is 10. The van der Waals surface area contributed by atoms with Crippen molar-refractivity contribution in [2.75, 3.05) is 13.2 Å². The quantitative estimate of drug-likeness (QED) is 0.0139. The Kier molecular flexibility index (Phi) is 101. The minimum Gasteiger partial charge on any atom is -1.00 e. The van der Waals surface area contributed by atoms with E-state index in [1.54, 1.807) is 6.92 Å². The van der Waals surface area contributed by atoms with E-state index < -0.39 is 30.8 Å². The van der Waals surface area contributed by atoms with Crippen molar-refractivity contribution in [2.45, 2.75) is 280 Å². The van der Waals surface area contributed by atoms with Crippen LogP contribution in [-0.2, 0) is 19.1 Å². The number of halogens is 13. The molecular formula is C60H106Cl2I11NaO7Sn. The van der Waals surface area contributed by atoms with E-state index in [-0.39, 0.29) is 66.1 Å². The van der Waals surface area contributed by atoms with Crippen LogP contribution in [0.4, 0.5) is 0 Å². The van der Waals surface area contributed by atoms with E-state index in [4.69, 9.17) is 37.9 Å². The summed E-state index contributed by atoms with van der Waals surface area (Å²) in [7, 11) is 9.87. The molecule has 0 saturated carbocycles. The second kappa shape index (κ2) is 79.7. The standard InChI is InChI=1S/C21H37I5O2.C19H33I5O2.C18H30O2.C2H6O.2ClH.HI.Na.Sn/c1-4-16(22)20(26)14-18(24)15(3)13-19(25)17(23)11-9-7-6-8-10-12-21(27)28-5-2;1-3-14(20)18(24)12-16(22)13(2)11-17(23)15(21)9-7-5-4-6-8-10-19(25)26;1-2-3-4-5-6-7-8-9-10-11-12-13-14-15-16-17-18(19)20;1-2-3;;;;;/h15-20H,4-14H2,1-3H3;13-18H,3-12H2,1-2H3,(H,25,26);3-4,6-7,9-10H,2,5,8,11-17H2,1H3,(H,19,20);3H,2H2,1H3;3*1H;;/q;;;;;;;+1;+2/p-3/b;;4-3-,7-6-,10-9-;;;;;;. The fraction of sp³-hybridized carbons (Fsp3) is 0.850. The molecule has 22 heteroatoms. The number of rotatable bonds is 46. The third-order valence-electron chi connectivity index (χ3n) is 12.8. The summed E-state index contributed by atoms with van der Waals surface area (Å²) in [6.07, 6.45) is 46.4. The van der Waals surface area contributed by atoms with Crippen LogP contribution < -0.4 is 53.5 Å². The maximum atomic E-state index is 11.3. The first kappa shape index (κ1) is 103. The number of carboxylic acid groups (broad SMARTS) is 2. The first-order chi connectivity index (χ1) is 38.0. The smallest absolute Gasteiger partial charge is 1.00 e. The van der Waals surface area contributed by atoms with Gasteiger partial charge in [-0.1, -0.05) is 368 Å². The number of carboxylic acids is 2. The number of aliphatic hydroxyl groups excluding tert-OH is 1. The number of carbonyl (C=O) groups is 3. The van der Waals surface area contributed by atoms with E-state index in [0.717, 1.165) is 122 Å².